The number of hydrogen-bond donors (Lipinski definition) is 1. The van der Waals surface area contributed by atoms with Crippen molar-refractivity contribution in [2.24, 2.45) is 0 Å². The topological polar surface area (TPSA) is 66.7 Å². The molecule has 0 aliphatic rings. The zero-order chi connectivity index (χ0) is 17.3. The molecule has 6 heteroatoms. The van der Waals surface area contributed by atoms with Gasteiger partial charge in [-0.2, -0.15) is 0 Å². The van der Waals surface area contributed by atoms with Crippen LogP contribution >= 0.6 is 11.6 Å². The van der Waals surface area contributed by atoms with Crippen LogP contribution in [-0.4, -0.2) is 22.0 Å². The number of pyridine rings is 2. The van der Waals surface area contributed by atoms with Gasteiger partial charge in [0.2, 0.25) is 0 Å². The maximum Gasteiger partial charge on any atom is 0.151 e. The van der Waals surface area contributed by atoms with Gasteiger partial charge in [0.25, 0.3) is 0 Å². The van der Waals surface area contributed by atoms with E-state index in [9.17, 15) is 9.18 Å². The minimum Gasteiger partial charge on any atom is -0.299 e. The number of benzene rings is 1. The van der Waals surface area contributed by atoms with Gasteiger partial charge in [-0.05, 0) is 36.4 Å². The summed E-state index contributed by atoms with van der Waals surface area (Å²) in [6, 6.07) is 8.94. The Bertz CT molecular complexity index is 1000. The van der Waals surface area contributed by atoms with E-state index in [0.29, 0.717) is 33.6 Å². The molecule has 0 spiro atoms. The second-order valence-electron chi connectivity index (χ2n) is 5.10. The van der Waals surface area contributed by atoms with E-state index in [1.54, 1.807) is 18.2 Å². The van der Waals surface area contributed by atoms with E-state index >= 15 is 0 Å². The zero-order valence-electron chi connectivity index (χ0n) is 12.4. The minimum atomic E-state index is -0.559. The minimum absolute atomic E-state index is 0.0502. The van der Waals surface area contributed by atoms with E-state index < -0.39 is 5.82 Å². The lowest BCUT2D eigenvalue weighted by Crippen LogP contribution is -2.06. The van der Waals surface area contributed by atoms with Crippen LogP contribution in [0, 0.1) is 11.2 Å². The summed E-state index contributed by atoms with van der Waals surface area (Å²) in [5.74, 6) is -0.559. The second kappa shape index (κ2) is 6.29. The Labute approximate surface area is 142 Å². The number of carbonyl (C=O) groups is 1. The highest BCUT2D eigenvalue weighted by Gasteiger charge is 2.15. The van der Waals surface area contributed by atoms with Crippen LogP contribution in [-0.2, 0) is 0 Å². The van der Waals surface area contributed by atoms with Crippen LogP contribution in [0.4, 0.5) is 4.39 Å². The normalized spacial score (nSPS) is 10.6. The third kappa shape index (κ3) is 2.94. The molecule has 0 saturated heterocycles. The highest BCUT2D eigenvalue weighted by Crippen LogP contribution is 2.23. The third-order valence-corrected chi connectivity index (χ3v) is 3.74. The summed E-state index contributed by atoms with van der Waals surface area (Å²) < 4.78 is 13.9. The van der Waals surface area contributed by atoms with E-state index in [-0.39, 0.29) is 16.8 Å². The average Bonchev–Trinajstić information content (AvgIpc) is 2.61. The smallest absolute Gasteiger partial charge is 0.151 e. The van der Waals surface area contributed by atoms with Crippen LogP contribution in [0.15, 0.2) is 49.2 Å². The number of nitrogens with one attached hydrogen (secondary N) is 1. The molecule has 118 valence electrons. The molecule has 0 saturated carbocycles. The summed E-state index contributed by atoms with van der Waals surface area (Å²) in [5, 5.41) is 8.52. The molecule has 4 nitrogen and oxygen atoms in total. The predicted molar refractivity (Wildman–Crippen MR) is 92.2 cm³/mol. The number of aromatic nitrogens is 2. The first-order valence-corrected chi connectivity index (χ1v) is 7.33. The average molecular weight is 340 g/mol. The van der Waals surface area contributed by atoms with E-state index in [4.69, 9.17) is 17.0 Å². The number of hydrogen-bond acceptors (Lipinski definition) is 4. The predicted octanol–water partition coefficient (Wildman–Crippen LogP) is 4.32. The lowest BCUT2D eigenvalue weighted by Gasteiger charge is -2.10. The largest absolute Gasteiger partial charge is 0.299 e. The fourth-order valence-electron chi connectivity index (χ4n) is 2.23. The molecule has 2 aromatic heterocycles. The summed E-state index contributed by atoms with van der Waals surface area (Å²) in [6.07, 6.45) is 2.13. The van der Waals surface area contributed by atoms with Gasteiger partial charge in [0.1, 0.15) is 5.82 Å². The van der Waals surface area contributed by atoms with Crippen LogP contribution in [0.3, 0.4) is 0 Å². The van der Waals surface area contributed by atoms with E-state index in [1.165, 1.54) is 24.4 Å². The molecular formula is C18H11ClFN3O. The van der Waals surface area contributed by atoms with E-state index in [2.05, 4.69) is 16.5 Å². The Balaban J connectivity index is 2.02. The maximum atomic E-state index is 13.9. The van der Waals surface area contributed by atoms with Gasteiger partial charge in [0.05, 0.1) is 22.4 Å². The van der Waals surface area contributed by atoms with Gasteiger partial charge in [-0.1, -0.05) is 18.2 Å². The van der Waals surface area contributed by atoms with Crippen molar-refractivity contribution in [3.05, 3.63) is 76.8 Å². The van der Waals surface area contributed by atoms with Crippen LogP contribution in [0.1, 0.15) is 21.6 Å². The molecule has 0 aliphatic heterocycles. The highest BCUT2D eigenvalue weighted by molar-refractivity contribution is 6.33. The standard InChI is InChI=1S/C18H11ClFN3O/c1-10(18(21)13-7-12(19)2-3-14(13)20)15-4-5-16-17(23-15)6-11(9-24)8-22-16/h2-9,21H,1H2. The number of carbonyl (C=O) groups excluding carboxylic acids is 1. The summed E-state index contributed by atoms with van der Waals surface area (Å²) in [6.45, 7) is 3.83. The second-order valence-corrected chi connectivity index (χ2v) is 5.54. The van der Waals surface area contributed by atoms with Gasteiger partial charge in [-0.15, -0.1) is 0 Å². The molecule has 0 aliphatic carbocycles. The number of halogens is 2. The van der Waals surface area contributed by atoms with Crippen LogP contribution in [0.25, 0.3) is 16.6 Å². The van der Waals surface area contributed by atoms with E-state index in [0.717, 1.165) is 0 Å². The lowest BCUT2D eigenvalue weighted by atomic mass is 10.00. The highest BCUT2D eigenvalue weighted by atomic mass is 35.5. The molecular weight excluding hydrogens is 329 g/mol. The SMILES string of the molecule is C=C(C(=N)c1cc(Cl)ccc1F)c1ccc2ncc(C=O)cc2n1. The van der Waals surface area contributed by atoms with E-state index in [1.807, 2.05) is 0 Å². The first-order chi connectivity index (χ1) is 11.5. The number of fused-ring (bicyclic) bond motifs is 1. The van der Waals surface area contributed by atoms with Crippen molar-refractivity contribution >= 4 is 40.2 Å². The maximum absolute atomic E-state index is 13.9. The van der Waals surface area contributed by atoms with Crippen molar-refractivity contribution in [1.29, 1.82) is 5.41 Å². The molecule has 0 bridgehead atoms. The number of nitrogens with zero attached hydrogens (tertiary/aromatic N) is 2. The fourth-order valence-corrected chi connectivity index (χ4v) is 2.41. The first-order valence-electron chi connectivity index (χ1n) is 6.95. The summed E-state index contributed by atoms with van der Waals surface area (Å²) in [5.41, 5.74) is 2.09. The molecule has 3 rings (SSSR count). The molecule has 3 aromatic rings. The van der Waals surface area contributed by atoms with Gasteiger partial charge in [0, 0.05) is 27.9 Å². The molecule has 24 heavy (non-hydrogen) atoms. The van der Waals surface area contributed by atoms with Crippen molar-refractivity contribution in [2.45, 2.75) is 0 Å². The third-order valence-electron chi connectivity index (χ3n) is 3.50. The molecule has 0 unspecified atom stereocenters. The molecule has 1 N–H and O–H groups in total. The number of aldehydes is 1. The van der Waals surface area contributed by atoms with Gasteiger partial charge in [-0.3, -0.25) is 15.2 Å². The van der Waals surface area contributed by atoms with Gasteiger partial charge in [0.15, 0.2) is 6.29 Å². The Morgan fingerprint density at radius 1 is 1.21 bits per heavy atom. The van der Waals surface area contributed by atoms with Crippen LogP contribution in [0.2, 0.25) is 5.02 Å². The monoisotopic (exact) mass is 339 g/mol. The molecule has 1 aromatic carbocycles. The summed E-state index contributed by atoms with van der Waals surface area (Å²) in [7, 11) is 0. The van der Waals surface area contributed by atoms with Crippen molar-refractivity contribution in [1.82, 2.24) is 9.97 Å². The Kier molecular flexibility index (Phi) is 4.18. The molecule has 0 atom stereocenters. The Hall–Kier alpha value is -2.92. The fraction of sp³-hybridized carbons (Fsp3) is 0. The molecule has 2 heterocycles. The van der Waals surface area contributed by atoms with Crippen LogP contribution < -0.4 is 0 Å². The quantitative estimate of drug-likeness (QED) is 0.568. The molecule has 0 amide bonds. The zero-order valence-corrected chi connectivity index (χ0v) is 13.1. The number of allylic oxidation sites excluding steroid dienone is 1. The van der Waals surface area contributed by atoms with Crippen molar-refractivity contribution in [3.63, 3.8) is 0 Å². The van der Waals surface area contributed by atoms with Crippen molar-refractivity contribution in [2.75, 3.05) is 0 Å². The van der Waals surface area contributed by atoms with Gasteiger partial charge < -0.3 is 0 Å². The van der Waals surface area contributed by atoms with Crippen LogP contribution in [0.5, 0.6) is 0 Å². The lowest BCUT2D eigenvalue weighted by molar-refractivity contribution is 0.112. The van der Waals surface area contributed by atoms with Crippen molar-refractivity contribution < 1.29 is 9.18 Å². The van der Waals surface area contributed by atoms with Gasteiger partial charge in [-0.25, -0.2) is 9.37 Å². The molecule has 0 fully saturated rings. The van der Waals surface area contributed by atoms with Gasteiger partial charge >= 0.3 is 0 Å². The summed E-state index contributed by atoms with van der Waals surface area (Å²) >= 11 is 5.87. The first kappa shape index (κ1) is 16.0. The van der Waals surface area contributed by atoms with Crippen molar-refractivity contribution in [3.8, 4) is 0 Å². The number of rotatable bonds is 4. The molecule has 0 radical (unpaired) electrons. The Morgan fingerprint density at radius 2 is 2.00 bits per heavy atom. The Morgan fingerprint density at radius 3 is 2.75 bits per heavy atom. The summed E-state index contributed by atoms with van der Waals surface area (Å²) in [4.78, 5) is 19.3.